The smallest absolute Gasteiger partial charge is 0.404 e. The highest BCUT2D eigenvalue weighted by Gasteiger charge is 2.32. The summed E-state index contributed by atoms with van der Waals surface area (Å²) in [5.41, 5.74) is 1.54. The summed E-state index contributed by atoms with van der Waals surface area (Å²) in [7, 11) is 0. The van der Waals surface area contributed by atoms with E-state index in [2.05, 4.69) is 15.2 Å². The Morgan fingerprint density at radius 2 is 1.86 bits per heavy atom. The number of ether oxygens (including phenoxy) is 1. The number of halogens is 4. The van der Waals surface area contributed by atoms with Gasteiger partial charge >= 0.3 is 6.36 Å². The number of amides is 1. The molecule has 2 aromatic carbocycles. The van der Waals surface area contributed by atoms with Crippen LogP contribution in [0, 0.1) is 0 Å². The molecule has 1 aromatic heterocycles. The van der Waals surface area contributed by atoms with Gasteiger partial charge in [0, 0.05) is 5.02 Å². The van der Waals surface area contributed by atoms with E-state index in [1.165, 1.54) is 24.4 Å². The van der Waals surface area contributed by atoms with Gasteiger partial charge in [0.15, 0.2) is 5.75 Å². The standard InChI is InChI=1S/C20H17ClF3N3O2/c1-2-5-17-15(12-25-27(17)14-10-8-13(21)9-11-14)19(28)26-16-6-3-4-7-18(16)29-20(22,23)24/h3-4,6-12H,2,5H2,1H3,(H,26,28). The Morgan fingerprint density at radius 1 is 1.17 bits per heavy atom. The molecule has 0 atom stereocenters. The number of hydrogen-bond acceptors (Lipinski definition) is 3. The fraction of sp³-hybridized carbons (Fsp3) is 0.200. The molecule has 9 heteroatoms. The predicted molar refractivity (Wildman–Crippen MR) is 104 cm³/mol. The molecular weight excluding hydrogens is 407 g/mol. The molecule has 0 saturated carbocycles. The monoisotopic (exact) mass is 423 g/mol. The maximum atomic E-state index is 12.8. The molecule has 3 aromatic rings. The summed E-state index contributed by atoms with van der Waals surface area (Å²) in [6.07, 6.45) is -2.19. The first-order valence-corrected chi connectivity index (χ1v) is 9.15. The SMILES string of the molecule is CCCc1c(C(=O)Nc2ccccc2OC(F)(F)F)cnn1-c1ccc(Cl)cc1. The molecule has 29 heavy (non-hydrogen) atoms. The molecule has 0 unspecified atom stereocenters. The summed E-state index contributed by atoms with van der Waals surface area (Å²) in [6, 6.07) is 12.3. The lowest BCUT2D eigenvalue weighted by molar-refractivity contribution is -0.274. The van der Waals surface area contributed by atoms with E-state index in [0.29, 0.717) is 17.1 Å². The molecule has 0 saturated heterocycles. The molecule has 1 N–H and O–H groups in total. The third-order valence-corrected chi connectivity index (χ3v) is 4.28. The zero-order valence-corrected chi connectivity index (χ0v) is 16.1. The molecule has 0 aliphatic heterocycles. The molecule has 0 spiro atoms. The van der Waals surface area contributed by atoms with Gasteiger partial charge < -0.3 is 10.1 Å². The van der Waals surface area contributed by atoms with Crippen molar-refractivity contribution in [2.75, 3.05) is 5.32 Å². The van der Waals surface area contributed by atoms with Crippen LogP contribution in [-0.4, -0.2) is 22.1 Å². The molecule has 0 radical (unpaired) electrons. The van der Waals surface area contributed by atoms with Crippen LogP contribution >= 0.6 is 11.6 Å². The Morgan fingerprint density at radius 3 is 2.52 bits per heavy atom. The van der Waals surface area contributed by atoms with E-state index in [-0.39, 0.29) is 11.3 Å². The summed E-state index contributed by atoms with van der Waals surface area (Å²) < 4.78 is 43.4. The number of para-hydroxylation sites is 2. The second-order valence-corrected chi connectivity index (χ2v) is 6.58. The molecule has 0 aliphatic rings. The number of aromatic nitrogens is 2. The van der Waals surface area contributed by atoms with Gasteiger partial charge in [-0.3, -0.25) is 4.79 Å². The van der Waals surface area contributed by atoms with E-state index < -0.39 is 18.0 Å². The van der Waals surface area contributed by atoms with Crippen LogP contribution in [0.3, 0.4) is 0 Å². The number of anilines is 1. The number of hydrogen-bond donors (Lipinski definition) is 1. The van der Waals surface area contributed by atoms with Gasteiger partial charge in [-0.25, -0.2) is 4.68 Å². The quantitative estimate of drug-likeness (QED) is 0.559. The van der Waals surface area contributed by atoms with Crippen LogP contribution in [-0.2, 0) is 6.42 Å². The lowest BCUT2D eigenvalue weighted by atomic mass is 10.1. The predicted octanol–water partition coefficient (Wildman–Crippen LogP) is 5.63. The van der Waals surface area contributed by atoms with E-state index in [9.17, 15) is 18.0 Å². The molecule has 0 bridgehead atoms. The van der Waals surface area contributed by atoms with Crippen LogP contribution in [0.4, 0.5) is 18.9 Å². The van der Waals surface area contributed by atoms with Gasteiger partial charge in [-0.1, -0.05) is 37.1 Å². The maximum absolute atomic E-state index is 12.8. The summed E-state index contributed by atoms with van der Waals surface area (Å²) >= 11 is 5.92. The van der Waals surface area contributed by atoms with Crippen LogP contribution in [0.2, 0.25) is 5.02 Å². The van der Waals surface area contributed by atoms with Gasteiger partial charge in [0.25, 0.3) is 5.91 Å². The second-order valence-electron chi connectivity index (χ2n) is 6.14. The third-order valence-electron chi connectivity index (χ3n) is 4.03. The fourth-order valence-corrected chi connectivity index (χ4v) is 2.94. The van der Waals surface area contributed by atoms with E-state index >= 15 is 0 Å². The first-order chi connectivity index (χ1) is 13.8. The maximum Gasteiger partial charge on any atom is 0.573 e. The molecule has 152 valence electrons. The molecule has 3 rings (SSSR count). The van der Waals surface area contributed by atoms with Crippen molar-refractivity contribution in [3.63, 3.8) is 0 Å². The number of alkyl halides is 3. The van der Waals surface area contributed by atoms with E-state index in [0.717, 1.165) is 18.2 Å². The average Bonchev–Trinajstić information content (AvgIpc) is 3.07. The van der Waals surface area contributed by atoms with E-state index in [1.807, 2.05) is 6.92 Å². The third kappa shape index (κ3) is 5.08. The van der Waals surface area contributed by atoms with Crippen LogP contribution < -0.4 is 10.1 Å². The van der Waals surface area contributed by atoms with Crippen LogP contribution in [0.15, 0.2) is 54.7 Å². The zero-order chi connectivity index (χ0) is 21.0. The van der Waals surface area contributed by atoms with Gasteiger partial charge in [0.2, 0.25) is 0 Å². The number of benzene rings is 2. The number of carbonyl (C=O) groups is 1. The summed E-state index contributed by atoms with van der Waals surface area (Å²) in [4.78, 5) is 12.8. The minimum Gasteiger partial charge on any atom is -0.404 e. The zero-order valence-electron chi connectivity index (χ0n) is 15.3. The summed E-state index contributed by atoms with van der Waals surface area (Å²) in [5, 5.41) is 7.33. The summed E-state index contributed by atoms with van der Waals surface area (Å²) in [5.74, 6) is -1.07. The lowest BCUT2D eigenvalue weighted by Gasteiger charge is -2.14. The number of rotatable bonds is 6. The molecular formula is C20H17ClF3N3O2. The largest absolute Gasteiger partial charge is 0.573 e. The number of nitrogens with one attached hydrogen (secondary N) is 1. The fourth-order valence-electron chi connectivity index (χ4n) is 2.82. The Balaban J connectivity index is 1.91. The van der Waals surface area contributed by atoms with Gasteiger partial charge in [0.1, 0.15) is 0 Å². The van der Waals surface area contributed by atoms with E-state index in [1.54, 1.807) is 28.9 Å². The van der Waals surface area contributed by atoms with Crippen molar-refractivity contribution >= 4 is 23.2 Å². The van der Waals surface area contributed by atoms with Crippen molar-refractivity contribution < 1.29 is 22.7 Å². The van der Waals surface area contributed by atoms with Gasteiger partial charge in [0.05, 0.1) is 28.8 Å². The molecule has 1 heterocycles. The van der Waals surface area contributed by atoms with Crippen LogP contribution in [0.5, 0.6) is 5.75 Å². The first-order valence-electron chi connectivity index (χ1n) is 8.77. The average molecular weight is 424 g/mol. The Kier molecular flexibility index (Phi) is 6.12. The van der Waals surface area contributed by atoms with Gasteiger partial charge in [-0.2, -0.15) is 5.10 Å². The Bertz CT molecular complexity index is 1000. The van der Waals surface area contributed by atoms with Gasteiger partial charge in [-0.05, 0) is 42.8 Å². The van der Waals surface area contributed by atoms with Crippen molar-refractivity contribution in [2.45, 2.75) is 26.1 Å². The topological polar surface area (TPSA) is 56.1 Å². The van der Waals surface area contributed by atoms with Crippen molar-refractivity contribution in [2.24, 2.45) is 0 Å². The molecule has 1 amide bonds. The number of nitrogens with zero attached hydrogens (tertiary/aromatic N) is 2. The molecule has 0 fully saturated rings. The van der Waals surface area contributed by atoms with Crippen molar-refractivity contribution in [3.05, 3.63) is 71.0 Å². The molecule has 0 aliphatic carbocycles. The highest BCUT2D eigenvalue weighted by molar-refractivity contribution is 6.30. The highest BCUT2D eigenvalue weighted by atomic mass is 35.5. The van der Waals surface area contributed by atoms with Crippen LogP contribution in [0.1, 0.15) is 29.4 Å². The minimum atomic E-state index is -4.87. The van der Waals surface area contributed by atoms with Crippen molar-refractivity contribution in [1.29, 1.82) is 0 Å². The first kappa shape index (κ1) is 20.7. The molecule has 5 nitrogen and oxygen atoms in total. The minimum absolute atomic E-state index is 0.0866. The highest BCUT2D eigenvalue weighted by Crippen LogP contribution is 2.30. The Hall–Kier alpha value is -3.00. The Labute approximate surface area is 170 Å². The van der Waals surface area contributed by atoms with Gasteiger partial charge in [-0.15, -0.1) is 13.2 Å². The van der Waals surface area contributed by atoms with Crippen molar-refractivity contribution in [1.82, 2.24) is 9.78 Å². The van der Waals surface area contributed by atoms with Crippen molar-refractivity contribution in [3.8, 4) is 11.4 Å². The second kappa shape index (κ2) is 8.57. The van der Waals surface area contributed by atoms with Crippen LogP contribution in [0.25, 0.3) is 5.69 Å². The summed E-state index contributed by atoms with van der Waals surface area (Å²) in [6.45, 7) is 1.95. The lowest BCUT2D eigenvalue weighted by Crippen LogP contribution is -2.20. The van der Waals surface area contributed by atoms with E-state index in [4.69, 9.17) is 11.6 Å². The normalized spacial score (nSPS) is 11.3. The number of carbonyl (C=O) groups excluding carboxylic acids is 1.